The van der Waals surface area contributed by atoms with Crippen LogP contribution in [0.5, 0.6) is 0 Å². The predicted octanol–water partition coefficient (Wildman–Crippen LogP) is 1.57. The van der Waals surface area contributed by atoms with Crippen LogP contribution in [0.25, 0.3) is 0 Å². The molecular weight excluding hydrogens is 276 g/mol. The zero-order chi connectivity index (χ0) is 14.7. The molecule has 6 heteroatoms. The summed E-state index contributed by atoms with van der Waals surface area (Å²) in [6.45, 7) is 2.98. The van der Waals surface area contributed by atoms with E-state index in [1.807, 2.05) is 12.1 Å². The number of hydrogen-bond donors (Lipinski definition) is 2. The maximum Gasteiger partial charge on any atom is 0.170 e. The fourth-order valence-electron chi connectivity index (χ4n) is 2.51. The van der Waals surface area contributed by atoms with Crippen molar-refractivity contribution in [2.24, 2.45) is 10.9 Å². The molecule has 1 unspecified atom stereocenters. The second-order valence-electron chi connectivity index (χ2n) is 5.43. The minimum Gasteiger partial charge on any atom is -0.409 e. The van der Waals surface area contributed by atoms with Crippen molar-refractivity contribution in [1.29, 1.82) is 0 Å². The highest BCUT2D eigenvalue weighted by molar-refractivity contribution is 6.31. The van der Waals surface area contributed by atoms with Crippen LogP contribution in [0.3, 0.4) is 0 Å². The lowest BCUT2D eigenvalue weighted by molar-refractivity contribution is 0.265. The molecule has 0 saturated carbocycles. The molecule has 1 heterocycles. The molecule has 3 N–H and O–H groups in total. The smallest absolute Gasteiger partial charge is 0.170 e. The van der Waals surface area contributed by atoms with E-state index in [1.54, 1.807) is 6.07 Å². The predicted molar refractivity (Wildman–Crippen MR) is 81.3 cm³/mol. The van der Waals surface area contributed by atoms with E-state index in [9.17, 15) is 0 Å². The highest BCUT2D eigenvalue weighted by Gasteiger charge is 2.24. The molecule has 1 aromatic rings. The van der Waals surface area contributed by atoms with Gasteiger partial charge in [0.2, 0.25) is 0 Å². The number of rotatable bonds is 4. The van der Waals surface area contributed by atoms with Crippen LogP contribution in [-0.4, -0.2) is 54.1 Å². The van der Waals surface area contributed by atoms with E-state index >= 15 is 0 Å². The average molecular weight is 297 g/mol. The zero-order valence-corrected chi connectivity index (χ0v) is 12.6. The van der Waals surface area contributed by atoms with Gasteiger partial charge >= 0.3 is 0 Å². The van der Waals surface area contributed by atoms with Crippen LogP contribution in [0.4, 0.5) is 0 Å². The van der Waals surface area contributed by atoms with Crippen molar-refractivity contribution >= 4 is 17.4 Å². The summed E-state index contributed by atoms with van der Waals surface area (Å²) in [7, 11) is 4.24. The molecule has 5 nitrogen and oxygen atoms in total. The van der Waals surface area contributed by atoms with E-state index in [1.165, 1.54) is 6.42 Å². The van der Waals surface area contributed by atoms with Crippen LogP contribution < -0.4 is 5.73 Å². The number of hydrogen-bond acceptors (Lipinski definition) is 4. The Kier molecular flexibility index (Phi) is 4.86. The van der Waals surface area contributed by atoms with Crippen molar-refractivity contribution in [2.45, 2.75) is 19.0 Å². The van der Waals surface area contributed by atoms with Gasteiger partial charge in [0.1, 0.15) is 0 Å². The van der Waals surface area contributed by atoms with Crippen molar-refractivity contribution in [3.63, 3.8) is 0 Å². The van der Waals surface area contributed by atoms with Gasteiger partial charge in [-0.15, -0.1) is 0 Å². The number of nitrogens with zero attached hydrogens (tertiary/aromatic N) is 3. The van der Waals surface area contributed by atoms with Crippen molar-refractivity contribution in [2.75, 3.05) is 27.2 Å². The standard InChI is InChI=1S/C14H21ClN4O/c1-18(2)12-5-6-19(9-12)8-11-4-3-10(7-13(11)15)14(16)17-20/h3-4,7,12,20H,5-6,8-9H2,1-2H3,(H2,16,17). The third kappa shape index (κ3) is 3.42. The quantitative estimate of drug-likeness (QED) is 0.383. The van der Waals surface area contributed by atoms with E-state index in [4.69, 9.17) is 22.5 Å². The summed E-state index contributed by atoms with van der Waals surface area (Å²) in [4.78, 5) is 4.66. The number of likely N-dealkylation sites (tertiary alicyclic amines) is 1. The van der Waals surface area contributed by atoms with E-state index < -0.39 is 0 Å². The van der Waals surface area contributed by atoms with Crippen LogP contribution in [0.1, 0.15) is 17.5 Å². The summed E-state index contributed by atoms with van der Waals surface area (Å²) in [5, 5.41) is 12.3. The van der Waals surface area contributed by atoms with E-state index in [0.717, 1.165) is 25.2 Å². The number of likely N-dealkylation sites (N-methyl/N-ethyl adjacent to an activating group) is 1. The molecule has 20 heavy (non-hydrogen) atoms. The molecule has 0 aliphatic carbocycles. The van der Waals surface area contributed by atoms with Gasteiger partial charge in [-0.3, -0.25) is 4.90 Å². The van der Waals surface area contributed by atoms with Gasteiger partial charge in [-0.2, -0.15) is 0 Å². The molecule has 1 aliphatic rings. The molecule has 1 aliphatic heterocycles. The molecule has 2 rings (SSSR count). The first-order chi connectivity index (χ1) is 9.51. The van der Waals surface area contributed by atoms with Gasteiger partial charge in [0.25, 0.3) is 0 Å². The van der Waals surface area contributed by atoms with Crippen molar-refractivity contribution in [3.8, 4) is 0 Å². The number of halogens is 1. The first-order valence-electron chi connectivity index (χ1n) is 6.66. The molecule has 1 fully saturated rings. The van der Waals surface area contributed by atoms with Crippen LogP contribution in [-0.2, 0) is 6.54 Å². The summed E-state index contributed by atoms with van der Waals surface area (Å²) < 4.78 is 0. The molecule has 1 aromatic carbocycles. The van der Waals surface area contributed by atoms with Gasteiger partial charge in [0.05, 0.1) is 0 Å². The van der Waals surface area contributed by atoms with Gasteiger partial charge in [-0.25, -0.2) is 0 Å². The van der Waals surface area contributed by atoms with E-state index in [0.29, 0.717) is 16.6 Å². The molecule has 1 atom stereocenters. The van der Waals surface area contributed by atoms with Gasteiger partial charge < -0.3 is 15.8 Å². The first-order valence-corrected chi connectivity index (χ1v) is 7.04. The number of benzene rings is 1. The largest absolute Gasteiger partial charge is 0.409 e. The molecule has 0 amide bonds. The third-order valence-corrected chi connectivity index (χ3v) is 4.18. The number of oxime groups is 1. The Morgan fingerprint density at radius 3 is 2.85 bits per heavy atom. The van der Waals surface area contributed by atoms with Crippen molar-refractivity contribution in [3.05, 3.63) is 34.3 Å². The van der Waals surface area contributed by atoms with Crippen LogP contribution in [0.15, 0.2) is 23.4 Å². The topological polar surface area (TPSA) is 65.1 Å². The second-order valence-corrected chi connectivity index (χ2v) is 5.84. The van der Waals surface area contributed by atoms with Crippen LogP contribution in [0.2, 0.25) is 5.02 Å². The fourth-order valence-corrected chi connectivity index (χ4v) is 2.75. The van der Waals surface area contributed by atoms with Gasteiger partial charge in [-0.1, -0.05) is 28.9 Å². The Morgan fingerprint density at radius 2 is 2.30 bits per heavy atom. The monoisotopic (exact) mass is 296 g/mol. The van der Waals surface area contributed by atoms with Gasteiger partial charge in [0, 0.05) is 36.3 Å². The number of nitrogens with two attached hydrogens (primary N) is 1. The third-order valence-electron chi connectivity index (χ3n) is 3.83. The van der Waals surface area contributed by atoms with E-state index in [2.05, 4.69) is 29.1 Å². The highest BCUT2D eigenvalue weighted by Crippen LogP contribution is 2.22. The van der Waals surface area contributed by atoms with Crippen LogP contribution >= 0.6 is 11.6 Å². The lowest BCUT2D eigenvalue weighted by Crippen LogP contribution is -2.31. The Balaban J connectivity index is 2.04. The maximum atomic E-state index is 8.67. The maximum absolute atomic E-state index is 8.67. The molecule has 0 radical (unpaired) electrons. The Morgan fingerprint density at radius 1 is 1.55 bits per heavy atom. The Labute approximate surface area is 124 Å². The minimum atomic E-state index is 0.0762. The normalized spacial score (nSPS) is 20.8. The van der Waals surface area contributed by atoms with Crippen molar-refractivity contribution in [1.82, 2.24) is 9.80 Å². The van der Waals surface area contributed by atoms with E-state index in [-0.39, 0.29) is 5.84 Å². The summed E-state index contributed by atoms with van der Waals surface area (Å²) in [6.07, 6.45) is 1.19. The lowest BCUT2D eigenvalue weighted by atomic mass is 10.1. The van der Waals surface area contributed by atoms with Crippen LogP contribution in [0, 0.1) is 0 Å². The van der Waals surface area contributed by atoms with Gasteiger partial charge in [-0.05, 0) is 32.1 Å². The van der Waals surface area contributed by atoms with Crippen molar-refractivity contribution < 1.29 is 5.21 Å². The average Bonchev–Trinajstić information content (AvgIpc) is 2.89. The molecule has 0 bridgehead atoms. The summed E-state index contributed by atoms with van der Waals surface area (Å²) in [5.74, 6) is 0.0762. The summed E-state index contributed by atoms with van der Waals surface area (Å²) >= 11 is 6.28. The molecule has 1 saturated heterocycles. The first kappa shape index (κ1) is 15.1. The minimum absolute atomic E-state index is 0.0762. The molecule has 110 valence electrons. The molecule has 0 spiro atoms. The Hall–Kier alpha value is -1.30. The fraction of sp³-hybridized carbons (Fsp3) is 0.500. The highest BCUT2D eigenvalue weighted by atomic mass is 35.5. The number of amidine groups is 1. The zero-order valence-electron chi connectivity index (χ0n) is 11.9. The SMILES string of the molecule is CN(C)C1CCN(Cc2ccc(/C(N)=N/O)cc2Cl)C1. The Bertz CT molecular complexity index is 504. The lowest BCUT2D eigenvalue weighted by Gasteiger charge is -2.20. The second kappa shape index (κ2) is 6.43. The molecule has 0 aromatic heterocycles. The summed E-state index contributed by atoms with van der Waals surface area (Å²) in [6, 6.07) is 6.13. The summed E-state index contributed by atoms with van der Waals surface area (Å²) in [5.41, 5.74) is 7.26. The van der Waals surface area contributed by atoms with Gasteiger partial charge in [0.15, 0.2) is 5.84 Å². The molecular formula is C14H21ClN4O.